The van der Waals surface area contributed by atoms with E-state index in [2.05, 4.69) is 70.5 Å². The van der Waals surface area contributed by atoms with Crippen molar-refractivity contribution < 1.29 is 0 Å². The predicted molar refractivity (Wildman–Crippen MR) is 65.0 cm³/mol. The monoisotopic (exact) mass is 191 g/mol. The average molecular weight is 191 g/mol. The molecule has 1 rings (SSSR count). The van der Waals surface area contributed by atoms with Crippen molar-refractivity contribution in [3.05, 3.63) is 24.5 Å². The Labute approximate surface area is 88.6 Å². The van der Waals surface area contributed by atoms with Crippen LogP contribution >= 0.6 is 0 Å². The molecule has 0 bridgehead atoms. The molecular weight excluding hydrogens is 169 g/mol. The molecule has 2 heteroatoms. The molecule has 0 aliphatic carbocycles. The van der Waals surface area contributed by atoms with Crippen LogP contribution in [0.3, 0.4) is 0 Å². The van der Waals surface area contributed by atoms with E-state index in [1.165, 1.54) is 0 Å². The minimum absolute atomic E-state index is 0.289. The summed E-state index contributed by atoms with van der Waals surface area (Å²) < 4.78 is 2.33. The molecule has 0 atom stereocenters. The zero-order valence-electron chi connectivity index (χ0n) is 10.3. The van der Waals surface area contributed by atoms with Gasteiger partial charge in [0.25, 0.3) is 6.85 Å². The molecule has 78 valence electrons. The van der Waals surface area contributed by atoms with Crippen molar-refractivity contribution in [2.45, 2.75) is 52.2 Å². The summed E-state index contributed by atoms with van der Waals surface area (Å²) >= 11 is 0. The number of nitrogens with zero attached hydrogens (tertiary/aromatic N) is 1. The van der Waals surface area contributed by atoms with E-state index in [0.29, 0.717) is 6.85 Å². The molecule has 14 heavy (non-hydrogen) atoms. The third-order valence-electron chi connectivity index (χ3n) is 2.57. The summed E-state index contributed by atoms with van der Waals surface area (Å²) in [4.78, 5) is 0. The SMILES string of the molecule is CC(C)(C)B(n1cccc1)C(C)(C)C. The Morgan fingerprint density at radius 2 is 1.14 bits per heavy atom. The molecule has 0 saturated carbocycles. The molecular formula is C12H22BN. The fourth-order valence-electron chi connectivity index (χ4n) is 2.71. The normalized spacial score (nSPS) is 13.0. The van der Waals surface area contributed by atoms with Gasteiger partial charge in [-0.2, -0.15) is 0 Å². The molecule has 0 unspecified atom stereocenters. The van der Waals surface area contributed by atoms with Crippen LogP contribution in [0.25, 0.3) is 0 Å². The van der Waals surface area contributed by atoms with Crippen LogP contribution in [0.5, 0.6) is 0 Å². The van der Waals surface area contributed by atoms with Gasteiger partial charge in [0.05, 0.1) is 0 Å². The summed E-state index contributed by atoms with van der Waals surface area (Å²) in [7, 11) is 0. The number of hydrogen-bond acceptors (Lipinski definition) is 0. The van der Waals surface area contributed by atoms with Crippen LogP contribution in [0.4, 0.5) is 0 Å². The number of aromatic nitrogens is 1. The molecule has 1 aromatic rings. The highest BCUT2D eigenvalue weighted by Gasteiger charge is 2.40. The molecule has 0 fully saturated rings. The molecule has 1 nitrogen and oxygen atoms in total. The van der Waals surface area contributed by atoms with Crippen molar-refractivity contribution in [3.63, 3.8) is 0 Å². The van der Waals surface area contributed by atoms with Gasteiger partial charge in [-0.15, -0.1) is 0 Å². The molecule has 0 aliphatic rings. The van der Waals surface area contributed by atoms with Crippen molar-refractivity contribution in [2.24, 2.45) is 0 Å². The van der Waals surface area contributed by atoms with Crippen molar-refractivity contribution in [1.29, 1.82) is 0 Å². The molecule has 0 amide bonds. The first kappa shape index (κ1) is 11.4. The Kier molecular flexibility index (Phi) is 2.84. The van der Waals surface area contributed by atoms with E-state index in [1.807, 2.05) is 0 Å². The first-order valence-electron chi connectivity index (χ1n) is 5.35. The van der Waals surface area contributed by atoms with Gasteiger partial charge in [0.15, 0.2) is 0 Å². The largest absolute Gasteiger partial charge is 0.397 e. The second-order valence-corrected chi connectivity index (χ2v) is 6.26. The minimum atomic E-state index is 0.289. The Morgan fingerprint density at radius 3 is 1.43 bits per heavy atom. The Bertz CT molecular complexity index is 260. The van der Waals surface area contributed by atoms with Gasteiger partial charge in [0.2, 0.25) is 0 Å². The van der Waals surface area contributed by atoms with Crippen LogP contribution in [0.2, 0.25) is 10.6 Å². The van der Waals surface area contributed by atoms with Gasteiger partial charge in [0.1, 0.15) is 0 Å². The second kappa shape index (κ2) is 3.49. The average Bonchev–Trinajstić information content (AvgIpc) is 2.31. The van der Waals surface area contributed by atoms with Gasteiger partial charge in [-0.25, -0.2) is 0 Å². The van der Waals surface area contributed by atoms with E-state index in [9.17, 15) is 0 Å². The predicted octanol–water partition coefficient (Wildman–Crippen LogP) is 3.93. The standard InChI is InChI=1S/C12H22BN/c1-11(2,3)13(12(4,5)6)14-9-7-8-10-14/h7-10H,1-6H3. The van der Waals surface area contributed by atoms with Gasteiger partial charge in [-0.1, -0.05) is 41.5 Å². The summed E-state index contributed by atoms with van der Waals surface area (Å²) in [5.74, 6) is 0. The highest BCUT2D eigenvalue weighted by atomic mass is 14.9. The Hall–Kier alpha value is -0.655. The third kappa shape index (κ3) is 2.43. The first-order valence-corrected chi connectivity index (χ1v) is 5.35. The smallest absolute Gasteiger partial charge is 0.269 e. The van der Waals surface area contributed by atoms with Crippen LogP contribution in [0.1, 0.15) is 41.5 Å². The lowest BCUT2D eigenvalue weighted by Gasteiger charge is -2.38. The minimum Gasteiger partial charge on any atom is -0.397 e. The molecule has 1 heterocycles. The summed E-state index contributed by atoms with van der Waals surface area (Å²) in [6, 6.07) is 4.20. The highest BCUT2D eigenvalue weighted by Crippen LogP contribution is 2.42. The molecule has 0 saturated heterocycles. The molecule has 0 aromatic carbocycles. The lowest BCUT2D eigenvalue weighted by Crippen LogP contribution is -2.41. The van der Waals surface area contributed by atoms with Crippen LogP contribution < -0.4 is 0 Å². The maximum absolute atomic E-state index is 2.33. The Balaban J connectivity index is 3.08. The molecule has 0 aliphatic heterocycles. The second-order valence-electron chi connectivity index (χ2n) is 6.26. The summed E-state index contributed by atoms with van der Waals surface area (Å²) in [6.07, 6.45) is 4.34. The molecule has 0 spiro atoms. The van der Waals surface area contributed by atoms with Crippen molar-refractivity contribution in [1.82, 2.24) is 4.48 Å². The highest BCUT2D eigenvalue weighted by molar-refractivity contribution is 6.63. The van der Waals surface area contributed by atoms with Crippen molar-refractivity contribution >= 4 is 6.85 Å². The lowest BCUT2D eigenvalue weighted by molar-refractivity contribution is 0.623. The van der Waals surface area contributed by atoms with Crippen LogP contribution in [-0.4, -0.2) is 11.3 Å². The van der Waals surface area contributed by atoms with E-state index in [1.54, 1.807) is 0 Å². The van der Waals surface area contributed by atoms with Gasteiger partial charge in [0, 0.05) is 0 Å². The van der Waals surface area contributed by atoms with E-state index < -0.39 is 0 Å². The summed E-state index contributed by atoms with van der Waals surface area (Å²) in [6.45, 7) is 14.4. The van der Waals surface area contributed by atoms with E-state index in [-0.39, 0.29) is 10.6 Å². The lowest BCUT2D eigenvalue weighted by atomic mass is 9.31. The number of rotatable bonds is 1. The van der Waals surface area contributed by atoms with Gasteiger partial charge in [-0.05, 0) is 35.2 Å². The summed E-state index contributed by atoms with van der Waals surface area (Å²) in [5.41, 5.74) is 0. The van der Waals surface area contributed by atoms with Gasteiger partial charge in [-0.3, -0.25) is 0 Å². The zero-order valence-corrected chi connectivity index (χ0v) is 10.3. The molecule has 1 aromatic heterocycles. The maximum atomic E-state index is 2.33. The quantitative estimate of drug-likeness (QED) is 0.592. The van der Waals surface area contributed by atoms with E-state index in [0.717, 1.165) is 0 Å². The van der Waals surface area contributed by atoms with Crippen molar-refractivity contribution in [2.75, 3.05) is 0 Å². The van der Waals surface area contributed by atoms with Crippen LogP contribution in [0, 0.1) is 0 Å². The Morgan fingerprint density at radius 1 is 0.786 bits per heavy atom. The van der Waals surface area contributed by atoms with Crippen molar-refractivity contribution in [3.8, 4) is 0 Å². The third-order valence-corrected chi connectivity index (χ3v) is 2.57. The maximum Gasteiger partial charge on any atom is 0.269 e. The topological polar surface area (TPSA) is 4.93 Å². The fourth-order valence-corrected chi connectivity index (χ4v) is 2.71. The van der Waals surface area contributed by atoms with Crippen LogP contribution in [-0.2, 0) is 0 Å². The molecule has 0 N–H and O–H groups in total. The summed E-state index contributed by atoms with van der Waals surface area (Å²) in [5, 5.41) is 0.578. The number of hydrogen-bond donors (Lipinski definition) is 0. The molecule has 0 radical (unpaired) electrons. The zero-order chi connectivity index (χ0) is 11.0. The van der Waals surface area contributed by atoms with Gasteiger partial charge < -0.3 is 4.48 Å². The van der Waals surface area contributed by atoms with E-state index >= 15 is 0 Å². The first-order chi connectivity index (χ1) is 6.23. The fraction of sp³-hybridized carbons (Fsp3) is 0.667. The van der Waals surface area contributed by atoms with Gasteiger partial charge >= 0.3 is 0 Å². The van der Waals surface area contributed by atoms with E-state index in [4.69, 9.17) is 0 Å². The van der Waals surface area contributed by atoms with Crippen LogP contribution in [0.15, 0.2) is 24.5 Å².